The van der Waals surface area contributed by atoms with Crippen LogP contribution in [0.3, 0.4) is 0 Å². The summed E-state index contributed by atoms with van der Waals surface area (Å²) in [5, 5.41) is 4.06. The third-order valence-electron chi connectivity index (χ3n) is 0.667. The Bertz CT molecular complexity index is 186. The van der Waals surface area contributed by atoms with E-state index in [-0.39, 0.29) is 0 Å². The number of nitrogens with two attached hydrogens (primary N) is 1. The van der Waals surface area contributed by atoms with E-state index in [9.17, 15) is 0 Å². The van der Waals surface area contributed by atoms with Gasteiger partial charge in [0.05, 0.1) is 0 Å². The molecule has 56 valence electrons. The molecule has 0 spiro atoms. The van der Waals surface area contributed by atoms with Crippen molar-refractivity contribution in [2.45, 2.75) is 0 Å². The molecular weight excluding hydrogens is 150 g/mol. The van der Waals surface area contributed by atoms with Gasteiger partial charge < -0.3 is 0 Å². The maximum absolute atomic E-state index is 8.81. The molecule has 0 aliphatic carbocycles. The van der Waals surface area contributed by atoms with Crippen molar-refractivity contribution in [3.05, 3.63) is 36.4 Å². The average Bonchev–Trinajstić information content (AvgIpc) is 1.90. The molecule has 2 N–H and O–H groups in total. The van der Waals surface area contributed by atoms with E-state index in [1.54, 1.807) is 0 Å². The second-order valence-electron chi connectivity index (χ2n) is 1.44. The Hall–Kier alpha value is -0.870. The predicted molar refractivity (Wildman–Crippen MR) is 40.9 cm³/mol. The first-order valence-corrected chi connectivity index (χ1v) is 3.87. The molecular formula is C6H9NO2S. The lowest BCUT2D eigenvalue weighted by Gasteiger charge is -1.69. The molecule has 0 saturated carbocycles. The molecule has 4 heteroatoms. The van der Waals surface area contributed by atoms with Gasteiger partial charge in [0.25, 0.3) is 0 Å². The molecule has 0 radical (unpaired) electrons. The van der Waals surface area contributed by atoms with Crippen LogP contribution in [0.25, 0.3) is 0 Å². The van der Waals surface area contributed by atoms with Gasteiger partial charge >= 0.3 is 0 Å². The van der Waals surface area contributed by atoms with E-state index in [4.69, 9.17) is 8.42 Å². The van der Waals surface area contributed by atoms with Gasteiger partial charge in [0.2, 0.25) is 0 Å². The van der Waals surface area contributed by atoms with Crippen LogP contribution in [0.1, 0.15) is 0 Å². The fourth-order valence-electron chi connectivity index (χ4n) is 0.385. The summed E-state index contributed by atoms with van der Waals surface area (Å²) >= 11 is 0. The van der Waals surface area contributed by atoms with Crippen LogP contribution >= 0.6 is 0 Å². The van der Waals surface area contributed by atoms with Crippen LogP contribution in [0.15, 0.2) is 36.4 Å². The Morgan fingerprint density at radius 2 is 0.900 bits per heavy atom. The van der Waals surface area contributed by atoms with E-state index in [1.165, 1.54) is 0 Å². The number of rotatable bonds is 0. The summed E-state index contributed by atoms with van der Waals surface area (Å²) in [6.07, 6.45) is 0. The Morgan fingerprint density at radius 3 is 1.00 bits per heavy atom. The predicted octanol–water partition coefficient (Wildman–Crippen LogP) is 0.158. The maximum Gasteiger partial charge on any atom is 0.198 e. The molecule has 0 aromatic heterocycles. The van der Waals surface area contributed by atoms with Crippen LogP contribution in [0.5, 0.6) is 0 Å². The quantitative estimate of drug-likeness (QED) is 0.530. The van der Waals surface area contributed by atoms with Crippen molar-refractivity contribution in [2.24, 2.45) is 5.14 Å². The molecule has 1 aromatic rings. The maximum atomic E-state index is 8.81. The van der Waals surface area contributed by atoms with Gasteiger partial charge in [-0.1, -0.05) is 36.4 Å². The number of benzene rings is 1. The number of hydrogen-bond acceptors (Lipinski definition) is 2. The molecule has 1 rings (SSSR count). The van der Waals surface area contributed by atoms with E-state index < -0.39 is 10.9 Å². The van der Waals surface area contributed by atoms with Crippen molar-refractivity contribution in [2.75, 3.05) is 0 Å². The first kappa shape index (κ1) is 9.13. The van der Waals surface area contributed by atoms with Crippen LogP contribution < -0.4 is 5.14 Å². The molecule has 0 heterocycles. The van der Waals surface area contributed by atoms with Gasteiger partial charge in [0, 0.05) is 0 Å². The van der Waals surface area contributed by atoms with E-state index in [2.05, 4.69) is 5.14 Å². The van der Waals surface area contributed by atoms with E-state index in [0.717, 1.165) is 0 Å². The Balaban J connectivity index is 0.000000180. The van der Waals surface area contributed by atoms with Crippen LogP contribution in [-0.2, 0) is 10.9 Å². The van der Waals surface area contributed by atoms with E-state index in [0.29, 0.717) is 0 Å². The van der Waals surface area contributed by atoms with Crippen molar-refractivity contribution < 1.29 is 8.42 Å². The zero-order valence-electron chi connectivity index (χ0n) is 5.31. The van der Waals surface area contributed by atoms with Gasteiger partial charge in [-0.3, -0.25) is 0 Å². The Labute approximate surface area is 61.6 Å². The third kappa shape index (κ3) is 10.2. The summed E-state index contributed by atoms with van der Waals surface area (Å²) in [5.41, 5.74) is 0. The highest BCUT2D eigenvalue weighted by atomic mass is 32.2. The van der Waals surface area contributed by atoms with Gasteiger partial charge in [-0.15, -0.1) is 0 Å². The monoisotopic (exact) mass is 159 g/mol. The first-order chi connectivity index (χ1) is 4.73. The van der Waals surface area contributed by atoms with Crippen LogP contribution in [0, 0.1) is 0 Å². The summed E-state index contributed by atoms with van der Waals surface area (Å²) in [6, 6.07) is 12.0. The largest absolute Gasteiger partial charge is 0.231 e. The highest BCUT2D eigenvalue weighted by molar-refractivity contribution is 7.69. The fraction of sp³-hybridized carbons (Fsp3) is 0. The first-order valence-electron chi connectivity index (χ1n) is 2.62. The molecule has 0 aliphatic heterocycles. The zero-order chi connectivity index (χ0) is 7.82. The molecule has 0 saturated heterocycles. The molecule has 0 aliphatic rings. The molecule has 0 amide bonds. The Morgan fingerprint density at radius 1 is 0.800 bits per heavy atom. The molecule has 3 nitrogen and oxygen atoms in total. The minimum absolute atomic E-state index is 2.00. The summed E-state index contributed by atoms with van der Waals surface area (Å²) in [4.78, 5) is 0. The van der Waals surface area contributed by atoms with E-state index in [1.807, 2.05) is 36.4 Å². The Kier molecular flexibility index (Phi) is 5.71. The summed E-state index contributed by atoms with van der Waals surface area (Å²) in [5.74, 6) is 0. The summed E-state index contributed by atoms with van der Waals surface area (Å²) in [6.45, 7) is 0. The standard InChI is InChI=1S/C6H6.H3NO2S/c1-2-4-6-5-3-1;1-4(2)3/h1-6H;4H,(H2,1,2,3). The van der Waals surface area contributed by atoms with Gasteiger partial charge in [0.1, 0.15) is 0 Å². The van der Waals surface area contributed by atoms with Crippen LogP contribution in [0.2, 0.25) is 0 Å². The molecule has 1 aromatic carbocycles. The summed E-state index contributed by atoms with van der Waals surface area (Å²) in [7, 11) is -2.62. The third-order valence-corrected chi connectivity index (χ3v) is 0.667. The topological polar surface area (TPSA) is 60.2 Å². The number of thiol groups is 1. The molecule has 10 heavy (non-hydrogen) atoms. The lowest BCUT2D eigenvalue weighted by Crippen LogP contribution is -1.85. The lowest BCUT2D eigenvalue weighted by molar-refractivity contribution is 0.616. The normalized spacial score (nSPS) is 8.20. The molecule has 0 unspecified atom stereocenters. The van der Waals surface area contributed by atoms with Gasteiger partial charge in [-0.2, -0.15) is 0 Å². The number of hydrogen-bond donors (Lipinski definition) is 2. The summed E-state index contributed by atoms with van der Waals surface area (Å²) < 4.78 is 17.6. The zero-order valence-corrected chi connectivity index (χ0v) is 6.20. The highest BCUT2D eigenvalue weighted by Crippen LogP contribution is 1.79. The van der Waals surface area contributed by atoms with Crippen molar-refractivity contribution in [1.82, 2.24) is 0 Å². The van der Waals surface area contributed by atoms with Crippen molar-refractivity contribution in [3.8, 4) is 0 Å². The molecule has 0 bridgehead atoms. The van der Waals surface area contributed by atoms with Crippen LogP contribution in [0.4, 0.5) is 0 Å². The second-order valence-corrected chi connectivity index (χ2v) is 2.01. The van der Waals surface area contributed by atoms with Gasteiger partial charge in [-0.25, -0.2) is 13.6 Å². The molecule has 0 fully saturated rings. The van der Waals surface area contributed by atoms with Gasteiger partial charge in [0.15, 0.2) is 10.9 Å². The SMILES string of the molecule is N[SH](=O)=O.c1ccccc1. The highest BCUT2D eigenvalue weighted by Gasteiger charge is 1.57. The van der Waals surface area contributed by atoms with Crippen LogP contribution in [-0.4, -0.2) is 8.42 Å². The fourth-order valence-corrected chi connectivity index (χ4v) is 0.385. The van der Waals surface area contributed by atoms with Gasteiger partial charge in [-0.05, 0) is 0 Å². The van der Waals surface area contributed by atoms with Crippen molar-refractivity contribution in [3.63, 3.8) is 0 Å². The smallest absolute Gasteiger partial charge is 0.198 e. The lowest BCUT2D eigenvalue weighted by atomic mass is 10.4. The second kappa shape index (κ2) is 6.25. The molecule has 0 atom stereocenters. The average molecular weight is 159 g/mol. The minimum Gasteiger partial charge on any atom is -0.231 e. The van der Waals surface area contributed by atoms with Crippen molar-refractivity contribution >= 4 is 10.9 Å². The minimum atomic E-state index is -2.62. The van der Waals surface area contributed by atoms with E-state index >= 15 is 0 Å². The van der Waals surface area contributed by atoms with Crippen molar-refractivity contribution in [1.29, 1.82) is 0 Å².